The van der Waals surface area contributed by atoms with Gasteiger partial charge in [-0.05, 0) is 24.7 Å². The lowest BCUT2D eigenvalue weighted by Gasteiger charge is -2.05. The first-order valence-electron chi connectivity index (χ1n) is 7.36. The molecule has 18 heavy (non-hydrogen) atoms. The van der Waals surface area contributed by atoms with Crippen molar-refractivity contribution in [1.82, 2.24) is 0 Å². The van der Waals surface area contributed by atoms with E-state index in [0.717, 1.165) is 38.5 Å². The van der Waals surface area contributed by atoms with Gasteiger partial charge in [0, 0.05) is 25.7 Å². The summed E-state index contributed by atoms with van der Waals surface area (Å²) in [6.45, 7) is 12.4. The Morgan fingerprint density at radius 2 is 1.06 bits per heavy atom. The molecule has 0 aromatic rings. The molecule has 0 atom stereocenters. The van der Waals surface area contributed by atoms with Crippen LogP contribution in [0.5, 0.6) is 0 Å². The molecule has 0 aliphatic rings. The zero-order valence-corrected chi connectivity index (χ0v) is 13.2. The van der Waals surface area contributed by atoms with Crippen LogP contribution in [0.2, 0.25) is 0 Å². The number of Topliss-reactive ketones (excluding diaryl/α,β-unsaturated/α-hetero) is 2. The molecule has 0 aliphatic carbocycles. The minimum Gasteiger partial charge on any atom is -0.300 e. The standard InChI is InChI=1S/C9H18O.C7H14O/c1-7(2)5-9(10)6-8(3)4;1-3-5-7(8)6-4-2/h7-8H,5-6H2,1-4H3;3-6H2,1-2H3. The number of carbonyl (C=O) groups excluding carboxylic acids is 2. The van der Waals surface area contributed by atoms with E-state index >= 15 is 0 Å². The molecule has 0 spiro atoms. The third-order valence-corrected chi connectivity index (χ3v) is 2.33. The molecule has 0 rings (SSSR count). The Labute approximate surface area is 114 Å². The van der Waals surface area contributed by atoms with E-state index in [-0.39, 0.29) is 0 Å². The summed E-state index contributed by atoms with van der Waals surface area (Å²) in [5.41, 5.74) is 0. The minimum absolute atomic E-state index is 0.407. The molecule has 0 fully saturated rings. The van der Waals surface area contributed by atoms with Crippen LogP contribution in [0, 0.1) is 11.8 Å². The van der Waals surface area contributed by atoms with Crippen molar-refractivity contribution in [1.29, 1.82) is 0 Å². The number of rotatable bonds is 8. The predicted octanol–water partition coefficient (Wildman–Crippen LogP) is 4.80. The summed E-state index contributed by atoms with van der Waals surface area (Å²) in [6, 6.07) is 0. The van der Waals surface area contributed by atoms with Gasteiger partial charge in [-0.3, -0.25) is 9.59 Å². The van der Waals surface area contributed by atoms with Gasteiger partial charge in [0.05, 0.1) is 0 Å². The highest BCUT2D eigenvalue weighted by Crippen LogP contribution is 2.07. The third-order valence-electron chi connectivity index (χ3n) is 2.33. The maximum absolute atomic E-state index is 11.1. The lowest BCUT2D eigenvalue weighted by atomic mass is 10.00. The van der Waals surface area contributed by atoms with E-state index in [0.29, 0.717) is 23.4 Å². The summed E-state index contributed by atoms with van der Waals surface area (Å²) in [5.74, 6) is 1.86. The molecule has 0 aromatic carbocycles. The van der Waals surface area contributed by atoms with Gasteiger partial charge in [-0.1, -0.05) is 41.5 Å². The highest BCUT2D eigenvalue weighted by atomic mass is 16.1. The van der Waals surface area contributed by atoms with Crippen molar-refractivity contribution in [3.05, 3.63) is 0 Å². The van der Waals surface area contributed by atoms with Gasteiger partial charge in [0.2, 0.25) is 0 Å². The lowest BCUT2D eigenvalue weighted by Crippen LogP contribution is -2.05. The molecule has 0 saturated carbocycles. The van der Waals surface area contributed by atoms with Crippen molar-refractivity contribution in [2.45, 2.75) is 80.1 Å². The van der Waals surface area contributed by atoms with E-state index in [1.807, 2.05) is 13.8 Å². The Balaban J connectivity index is 0. The van der Waals surface area contributed by atoms with Gasteiger partial charge in [-0.15, -0.1) is 0 Å². The summed E-state index contributed by atoms with van der Waals surface area (Å²) in [6.07, 6.45) is 5.04. The molecule has 0 aromatic heterocycles. The van der Waals surface area contributed by atoms with Crippen LogP contribution < -0.4 is 0 Å². The van der Waals surface area contributed by atoms with E-state index < -0.39 is 0 Å². The molecule has 0 N–H and O–H groups in total. The summed E-state index contributed by atoms with van der Waals surface area (Å²) in [4.78, 5) is 21.7. The van der Waals surface area contributed by atoms with E-state index in [1.165, 1.54) is 0 Å². The fourth-order valence-electron chi connectivity index (χ4n) is 1.68. The topological polar surface area (TPSA) is 34.1 Å². The average Bonchev–Trinajstić information content (AvgIpc) is 2.16. The summed E-state index contributed by atoms with van der Waals surface area (Å²) in [5, 5.41) is 0. The van der Waals surface area contributed by atoms with Crippen LogP contribution >= 0.6 is 0 Å². The smallest absolute Gasteiger partial charge is 0.133 e. The second-order valence-electron chi connectivity index (χ2n) is 5.77. The first kappa shape index (κ1) is 19.7. The second kappa shape index (κ2) is 12.8. The SMILES string of the molecule is CC(C)CC(=O)CC(C)C.CCCC(=O)CCC. The number of ketones is 2. The second-order valence-corrected chi connectivity index (χ2v) is 5.77. The highest BCUT2D eigenvalue weighted by molar-refractivity contribution is 5.78. The van der Waals surface area contributed by atoms with Crippen molar-refractivity contribution in [2.75, 3.05) is 0 Å². The minimum atomic E-state index is 0.407. The summed E-state index contributed by atoms with van der Waals surface area (Å²) < 4.78 is 0. The zero-order chi connectivity index (χ0) is 14.6. The molecule has 2 nitrogen and oxygen atoms in total. The molecule has 0 bridgehead atoms. The zero-order valence-electron chi connectivity index (χ0n) is 13.2. The summed E-state index contributed by atoms with van der Waals surface area (Å²) >= 11 is 0. The molecule has 2 heteroatoms. The van der Waals surface area contributed by atoms with Crippen molar-refractivity contribution in [2.24, 2.45) is 11.8 Å². The van der Waals surface area contributed by atoms with Gasteiger partial charge >= 0.3 is 0 Å². The van der Waals surface area contributed by atoms with Crippen LogP contribution in [0.1, 0.15) is 80.1 Å². The monoisotopic (exact) mass is 256 g/mol. The predicted molar refractivity (Wildman–Crippen MR) is 78.7 cm³/mol. The Bertz CT molecular complexity index is 197. The number of hydrogen-bond donors (Lipinski definition) is 0. The fourth-order valence-corrected chi connectivity index (χ4v) is 1.68. The van der Waals surface area contributed by atoms with Crippen LogP contribution in [-0.4, -0.2) is 11.6 Å². The van der Waals surface area contributed by atoms with Crippen LogP contribution in [0.25, 0.3) is 0 Å². The fraction of sp³-hybridized carbons (Fsp3) is 0.875. The van der Waals surface area contributed by atoms with Crippen molar-refractivity contribution in [3.63, 3.8) is 0 Å². The molecule has 0 aliphatic heterocycles. The molecule has 0 radical (unpaired) electrons. The van der Waals surface area contributed by atoms with Crippen LogP contribution in [0.4, 0.5) is 0 Å². The van der Waals surface area contributed by atoms with Crippen LogP contribution in [-0.2, 0) is 9.59 Å². The van der Waals surface area contributed by atoms with Gasteiger partial charge in [-0.2, -0.15) is 0 Å². The van der Waals surface area contributed by atoms with Gasteiger partial charge in [0.15, 0.2) is 0 Å². The van der Waals surface area contributed by atoms with E-state index in [1.54, 1.807) is 0 Å². The Morgan fingerprint density at radius 3 is 1.28 bits per heavy atom. The van der Waals surface area contributed by atoms with E-state index in [9.17, 15) is 9.59 Å². The maximum atomic E-state index is 11.1. The molecule has 0 unspecified atom stereocenters. The lowest BCUT2D eigenvalue weighted by molar-refractivity contribution is -0.120. The van der Waals surface area contributed by atoms with Crippen molar-refractivity contribution < 1.29 is 9.59 Å². The van der Waals surface area contributed by atoms with Gasteiger partial charge < -0.3 is 0 Å². The first-order chi connectivity index (χ1) is 8.33. The quantitative estimate of drug-likeness (QED) is 0.625. The molecule has 108 valence electrons. The Hall–Kier alpha value is -0.660. The summed E-state index contributed by atoms with van der Waals surface area (Å²) in [7, 11) is 0. The van der Waals surface area contributed by atoms with Crippen LogP contribution in [0.15, 0.2) is 0 Å². The first-order valence-corrected chi connectivity index (χ1v) is 7.36. The Kier molecular flexibility index (Phi) is 14.0. The Morgan fingerprint density at radius 1 is 0.722 bits per heavy atom. The molecule has 0 heterocycles. The number of hydrogen-bond acceptors (Lipinski definition) is 2. The maximum Gasteiger partial charge on any atom is 0.133 e. The van der Waals surface area contributed by atoms with E-state index in [4.69, 9.17) is 0 Å². The highest BCUT2D eigenvalue weighted by Gasteiger charge is 2.06. The van der Waals surface area contributed by atoms with Gasteiger partial charge in [-0.25, -0.2) is 0 Å². The third kappa shape index (κ3) is 17.7. The normalized spacial score (nSPS) is 10.2. The molecule has 0 amide bonds. The van der Waals surface area contributed by atoms with Crippen molar-refractivity contribution in [3.8, 4) is 0 Å². The van der Waals surface area contributed by atoms with E-state index in [2.05, 4.69) is 27.7 Å². The largest absolute Gasteiger partial charge is 0.300 e. The average molecular weight is 256 g/mol. The van der Waals surface area contributed by atoms with Crippen molar-refractivity contribution >= 4 is 11.6 Å². The molecule has 0 saturated heterocycles. The van der Waals surface area contributed by atoms with Gasteiger partial charge in [0.25, 0.3) is 0 Å². The van der Waals surface area contributed by atoms with Crippen LogP contribution in [0.3, 0.4) is 0 Å². The molecular formula is C16H32O2. The molecular weight excluding hydrogens is 224 g/mol. The van der Waals surface area contributed by atoms with Gasteiger partial charge in [0.1, 0.15) is 11.6 Å². The number of carbonyl (C=O) groups is 2.